The average molecular weight is 324 g/mol. The second-order valence-corrected chi connectivity index (χ2v) is 7.08. The van der Waals surface area contributed by atoms with Gasteiger partial charge in [0.2, 0.25) is 5.91 Å². The van der Waals surface area contributed by atoms with E-state index in [0.717, 1.165) is 41.9 Å². The molecule has 126 valence electrons. The molecular formula is C19H24N4O. The van der Waals surface area contributed by atoms with Gasteiger partial charge in [-0.2, -0.15) is 0 Å². The number of aryl methyl sites for hydroxylation is 1. The van der Waals surface area contributed by atoms with Crippen molar-refractivity contribution < 1.29 is 4.79 Å². The molecule has 2 fully saturated rings. The zero-order valence-corrected chi connectivity index (χ0v) is 14.2. The molecule has 0 spiro atoms. The van der Waals surface area contributed by atoms with Crippen molar-refractivity contribution in [2.45, 2.75) is 32.6 Å². The molecule has 2 aliphatic rings. The first-order valence-corrected chi connectivity index (χ1v) is 8.95. The van der Waals surface area contributed by atoms with E-state index in [1.54, 1.807) is 6.33 Å². The summed E-state index contributed by atoms with van der Waals surface area (Å²) in [5.74, 6) is 1.83. The Kier molecular flexibility index (Phi) is 4.08. The second-order valence-electron chi connectivity index (χ2n) is 7.08. The first-order valence-electron chi connectivity index (χ1n) is 8.95. The van der Waals surface area contributed by atoms with Gasteiger partial charge < -0.3 is 9.80 Å². The Bertz CT molecular complexity index is 754. The largest absolute Gasteiger partial charge is 0.345 e. The molecule has 0 bridgehead atoms. The Hall–Kier alpha value is -2.17. The summed E-state index contributed by atoms with van der Waals surface area (Å²) in [6.45, 7) is 5.07. The van der Waals surface area contributed by atoms with E-state index in [1.165, 1.54) is 25.7 Å². The molecule has 2 aromatic rings. The quantitative estimate of drug-likeness (QED) is 0.871. The van der Waals surface area contributed by atoms with Crippen LogP contribution in [0.15, 0.2) is 24.5 Å². The van der Waals surface area contributed by atoms with Crippen LogP contribution >= 0.6 is 0 Å². The highest BCUT2D eigenvalue weighted by Gasteiger charge is 2.28. The van der Waals surface area contributed by atoms with Gasteiger partial charge in [0.15, 0.2) is 0 Å². The molecule has 0 N–H and O–H groups in total. The van der Waals surface area contributed by atoms with E-state index in [-0.39, 0.29) is 5.91 Å². The topological polar surface area (TPSA) is 49.3 Å². The van der Waals surface area contributed by atoms with Gasteiger partial charge in [0.05, 0.1) is 12.1 Å². The number of para-hydroxylation sites is 1. The number of carbonyl (C=O) groups excluding carboxylic acids is 1. The lowest BCUT2D eigenvalue weighted by Crippen LogP contribution is -2.51. The van der Waals surface area contributed by atoms with Crippen molar-refractivity contribution in [1.29, 1.82) is 0 Å². The maximum absolute atomic E-state index is 12.6. The monoisotopic (exact) mass is 324 g/mol. The fourth-order valence-corrected chi connectivity index (χ4v) is 4.06. The van der Waals surface area contributed by atoms with Crippen molar-refractivity contribution in [3.8, 4) is 0 Å². The van der Waals surface area contributed by atoms with E-state index in [0.29, 0.717) is 12.5 Å². The van der Waals surface area contributed by atoms with Gasteiger partial charge in [0.25, 0.3) is 0 Å². The zero-order chi connectivity index (χ0) is 16.5. The molecule has 1 saturated heterocycles. The molecule has 2 heterocycles. The lowest BCUT2D eigenvalue weighted by molar-refractivity contribution is -0.131. The molecule has 5 nitrogen and oxygen atoms in total. The van der Waals surface area contributed by atoms with E-state index < -0.39 is 0 Å². The summed E-state index contributed by atoms with van der Waals surface area (Å²) in [5, 5.41) is 1.04. The lowest BCUT2D eigenvalue weighted by atomic mass is 10.1. The van der Waals surface area contributed by atoms with E-state index >= 15 is 0 Å². The van der Waals surface area contributed by atoms with Crippen molar-refractivity contribution in [2.24, 2.45) is 5.92 Å². The van der Waals surface area contributed by atoms with Crippen molar-refractivity contribution >= 4 is 22.6 Å². The first kappa shape index (κ1) is 15.4. The molecular weight excluding hydrogens is 300 g/mol. The summed E-state index contributed by atoms with van der Waals surface area (Å²) in [6, 6.07) is 6.14. The van der Waals surface area contributed by atoms with Crippen molar-refractivity contribution in [3.63, 3.8) is 0 Å². The molecule has 24 heavy (non-hydrogen) atoms. The van der Waals surface area contributed by atoms with Crippen LogP contribution in [0, 0.1) is 12.8 Å². The molecule has 1 aromatic heterocycles. The number of fused-ring (bicyclic) bond motifs is 1. The van der Waals surface area contributed by atoms with Gasteiger partial charge in [-0.3, -0.25) is 4.79 Å². The van der Waals surface area contributed by atoms with Gasteiger partial charge >= 0.3 is 0 Å². The number of carbonyl (C=O) groups is 1. The van der Waals surface area contributed by atoms with Gasteiger partial charge in [-0.15, -0.1) is 0 Å². The van der Waals surface area contributed by atoms with Gasteiger partial charge in [0, 0.05) is 25.0 Å². The first-order chi connectivity index (χ1) is 11.7. The number of nitrogens with zero attached hydrogens (tertiary/aromatic N) is 4. The summed E-state index contributed by atoms with van der Waals surface area (Å²) >= 11 is 0. The van der Waals surface area contributed by atoms with Crippen LogP contribution in [0.1, 0.15) is 31.2 Å². The van der Waals surface area contributed by atoms with Crippen LogP contribution in [-0.4, -0.2) is 47.0 Å². The Morgan fingerprint density at radius 1 is 1.17 bits per heavy atom. The number of anilines is 1. The number of amides is 1. The Morgan fingerprint density at radius 2 is 2.00 bits per heavy atom. The summed E-state index contributed by atoms with van der Waals surface area (Å²) in [5.41, 5.74) is 2.12. The fourth-order valence-electron chi connectivity index (χ4n) is 4.06. The zero-order valence-electron chi connectivity index (χ0n) is 14.2. The minimum atomic E-state index is 0.229. The Labute approximate surface area is 142 Å². The van der Waals surface area contributed by atoms with E-state index in [9.17, 15) is 4.79 Å². The van der Waals surface area contributed by atoms with Gasteiger partial charge in [0.1, 0.15) is 12.1 Å². The van der Waals surface area contributed by atoms with Crippen LogP contribution in [-0.2, 0) is 4.79 Å². The maximum atomic E-state index is 12.6. The molecule has 1 amide bonds. The smallest absolute Gasteiger partial charge is 0.242 e. The SMILES string of the molecule is Cc1cccc2c(N3CCN(CC4CCCC4)C(=O)C3)ncnc12. The van der Waals surface area contributed by atoms with E-state index in [1.807, 2.05) is 12.1 Å². The third-order valence-corrected chi connectivity index (χ3v) is 5.42. The van der Waals surface area contributed by atoms with Crippen molar-refractivity contribution in [3.05, 3.63) is 30.1 Å². The molecule has 1 aromatic carbocycles. The van der Waals surface area contributed by atoms with E-state index in [4.69, 9.17) is 0 Å². The summed E-state index contributed by atoms with van der Waals surface area (Å²) in [6.07, 6.45) is 6.82. The van der Waals surface area contributed by atoms with E-state index in [2.05, 4.69) is 32.8 Å². The molecule has 4 rings (SSSR count). The fraction of sp³-hybridized carbons (Fsp3) is 0.526. The predicted octanol–water partition coefficient (Wildman–Crippen LogP) is 2.78. The number of hydrogen-bond acceptors (Lipinski definition) is 4. The summed E-state index contributed by atoms with van der Waals surface area (Å²) in [7, 11) is 0. The normalized spacial score (nSPS) is 19.5. The van der Waals surface area contributed by atoms with Crippen LogP contribution < -0.4 is 4.90 Å². The molecule has 0 radical (unpaired) electrons. The molecule has 5 heteroatoms. The Balaban J connectivity index is 1.53. The number of piperazine rings is 1. The van der Waals surface area contributed by atoms with Crippen molar-refractivity contribution in [2.75, 3.05) is 31.1 Å². The van der Waals surface area contributed by atoms with Crippen LogP contribution in [0.25, 0.3) is 10.9 Å². The highest BCUT2D eigenvalue weighted by atomic mass is 16.2. The number of hydrogen-bond donors (Lipinski definition) is 0. The van der Waals surface area contributed by atoms with Crippen LogP contribution in [0.4, 0.5) is 5.82 Å². The minimum absolute atomic E-state index is 0.229. The summed E-state index contributed by atoms with van der Waals surface area (Å²) in [4.78, 5) is 25.7. The number of aromatic nitrogens is 2. The third-order valence-electron chi connectivity index (χ3n) is 5.42. The summed E-state index contributed by atoms with van der Waals surface area (Å²) < 4.78 is 0. The van der Waals surface area contributed by atoms with Crippen LogP contribution in [0.2, 0.25) is 0 Å². The third kappa shape index (κ3) is 2.83. The molecule has 1 aliphatic heterocycles. The second kappa shape index (κ2) is 6.38. The average Bonchev–Trinajstić information content (AvgIpc) is 3.10. The van der Waals surface area contributed by atoms with Crippen LogP contribution in [0.3, 0.4) is 0 Å². The predicted molar refractivity (Wildman–Crippen MR) is 95.0 cm³/mol. The molecule has 1 aliphatic carbocycles. The molecule has 0 atom stereocenters. The number of rotatable bonds is 3. The molecule has 0 unspecified atom stereocenters. The lowest BCUT2D eigenvalue weighted by Gasteiger charge is -2.36. The minimum Gasteiger partial charge on any atom is -0.345 e. The van der Waals surface area contributed by atoms with Gasteiger partial charge in [-0.05, 0) is 37.3 Å². The van der Waals surface area contributed by atoms with Gasteiger partial charge in [-0.1, -0.05) is 25.0 Å². The highest BCUT2D eigenvalue weighted by molar-refractivity contribution is 5.93. The van der Waals surface area contributed by atoms with Gasteiger partial charge in [-0.25, -0.2) is 9.97 Å². The molecule has 1 saturated carbocycles. The Morgan fingerprint density at radius 3 is 2.79 bits per heavy atom. The van der Waals surface area contributed by atoms with Crippen LogP contribution in [0.5, 0.6) is 0 Å². The standard InChI is InChI=1S/C19H24N4O/c1-14-5-4-8-16-18(14)20-13-21-19(16)23-10-9-22(17(24)12-23)11-15-6-2-3-7-15/h4-5,8,13,15H,2-3,6-7,9-12H2,1H3. The maximum Gasteiger partial charge on any atom is 0.242 e. The van der Waals surface area contributed by atoms with Crippen molar-refractivity contribution in [1.82, 2.24) is 14.9 Å². The number of benzene rings is 1. The highest BCUT2D eigenvalue weighted by Crippen LogP contribution is 2.28.